The Labute approximate surface area is 141 Å². The van der Waals surface area contributed by atoms with Crippen LogP contribution in [0.15, 0.2) is 48.5 Å². The van der Waals surface area contributed by atoms with E-state index in [1.165, 1.54) is 6.92 Å². The van der Waals surface area contributed by atoms with Gasteiger partial charge in [-0.15, -0.1) is 0 Å². The van der Waals surface area contributed by atoms with Crippen LogP contribution in [0.4, 0.5) is 0 Å². The smallest absolute Gasteiger partial charge is 0.338 e. The zero-order valence-electron chi connectivity index (χ0n) is 13.8. The first-order chi connectivity index (χ1) is 11.6. The molecule has 126 valence electrons. The average Bonchev–Trinajstić information content (AvgIpc) is 2.59. The number of rotatable bonds is 7. The summed E-state index contributed by atoms with van der Waals surface area (Å²) in [6.07, 6.45) is 0. The number of carbonyl (C=O) groups excluding carboxylic acids is 2. The number of hydrogen-bond acceptors (Lipinski definition) is 5. The van der Waals surface area contributed by atoms with Gasteiger partial charge in [0.25, 0.3) is 0 Å². The predicted octanol–water partition coefficient (Wildman–Crippen LogP) is 3.47. The van der Waals surface area contributed by atoms with E-state index >= 15 is 0 Å². The summed E-state index contributed by atoms with van der Waals surface area (Å²) >= 11 is 0. The van der Waals surface area contributed by atoms with Crippen LogP contribution in [-0.2, 0) is 14.3 Å². The van der Waals surface area contributed by atoms with Crippen molar-refractivity contribution in [1.82, 2.24) is 0 Å². The lowest BCUT2D eigenvalue weighted by Gasteiger charge is -2.08. The molecule has 0 aromatic heterocycles. The molecular weight excluding hydrogens is 308 g/mol. The van der Waals surface area contributed by atoms with Gasteiger partial charge in [0.2, 0.25) is 0 Å². The minimum Gasteiger partial charge on any atom is -0.490 e. The SMILES string of the molecule is CCOC(=O)c1ccc(-c2ccc(OCCOC(C)=O)cc2)cc1. The van der Waals surface area contributed by atoms with Crippen LogP contribution in [0.3, 0.4) is 0 Å². The summed E-state index contributed by atoms with van der Waals surface area (Å²) in [6, 6.07) is 14.8. The molecule has 5 nitrogen and oxygen atoms in total. The van der Waals surface area contributed by atoms with Crippen molar-refractivity contribution >= 4 is 11.9 Å². The molecule has 0 atom stereocenters. The second-order valence-electron chi connectivity index (χ2n) is 5.01. The van der Waals surface area contributed by atoms with Crippen molar-refractivity contribution in [3.8, 4) is 16.9 Å². The van der Waals surface area contributed by atoms with Crippen molar-refractivity contribution < 1.29 is 23.8 Å². The Bertz CT molecular complexity index is 674. The molecule has 0 spiro atoms. The van der Waals surface area contributed by atoms with Gasteiger partial charge in [-0.05, 0) is 42.3 Å². The minimum absolute atomic E-state index is 0.229. The van der Waals surface area contributed by atoms with Crippen LogP contribution in [0.5, 0.6) is 5.75 Å². The van der Waals surface area contributed by atoms with Crippen molar-refractivity contribution in [3.63, 3.8) is 0 Å². The first kappa shape index (κ1) is 17.5. The van der Waals surface area contributed by atoms with E-state index in [0.717, 1.165) is 11.1 Å². The van der Waals surface area contributed by atoms with E-state index in [1.807, 2.05) is 36.4 Å². The van der Waals surface area contributed by atoms with E-state index in [4.69, 9.17) is 14.2 Å². The standard InChI is InChI=1S/C19H20O5/c1-3-22-19(21)17-6-4-15(5-7-17)16-8-10-18(11-9-16)24-13-12-23-14(2)20/h4-11H,3,12-13H2,1-2H3. The largest absolute Gasteiger partial charge is 0.490 e. The molecule has 0 saturated carbocycles. The first-order valence-corrected chi connectivity index (χ1v) is 7.74. The minimum atomic E-state index is -0.319. The molecule has 0 bridgehead atoms. The fraction of sp³-hybridized carbons (Fsp3) is 0.263. The Kier molecular flexibility index (Phi) is 6.37. The molecule has 0 fully saturated rings. The van der Waals surface area contributed by atoms with E-state index in [9.17, 15) is 9.59 Å². The van der Waals surface area contributed by atoms with Crippen LogP contribution in [-0.4, -0.2) is 31.8 Å². The Balaban J connectivity index is 1.95. The Morgan fingerprint density at radius 3 is 1.96 bits per heavy atom. The zero-order chi connectivity index (χ0) is 17.4. The number of hydrogen-bond donors (Lipinski definition) is 0. The molecule has 5 heteroatoms. The fourth-order valence-corrected chi connectivity index (χ4v) is 2.10. The third kappa shape index (κ3) is 5.12. The lowest BCUT2D eigenvalue weighted by molar-refractivity contribution is -0.141. The highest BCUT2D eigenvalue weighted by molar-refractivity contribution is 5.90. The Morgan fingerprint density at radius 1 is 0.833 bits per heavy atom. The lowest BCUT2D eigenvalue weighted by Crippen LogP contribution is -2.09. The van der Waals surface area contributed by atoms with E-state index in [2.05, 4.69) is 0 Å². The van der Waals surface area contributed by atoms with Gasteiger partial charge in [0.1, 0.15) is 19.0 Å². The van der Waals surface area contributed by atoms with Crippen molar-refractivity contribution in [2.45, 2.75) is 13.8 Å². The van der Waals surface area contributed by atoms with Gasteiger partial charge in [-0.3, -0.25) is 4.79 Å². The highest BCUT2D eigenvalue weighted by atomic mass is 16.6. The van der Waals surface area contributed by atoms with E-state index < -0.39 is 0 Å². The molecule has 2 aromatic rings. The van der Waals surface area contributed by atoms with Crippen molar-refractivity contribution in [2.75, 3.05) is 19.8 Å². The normalized spacial score (nSPS) is 10.1. The summed E-state index contributed by atoms with van der Waals surface area (Å²) in [5, 5.41) is 0. The maximum absolute atomic E-state index is 11.6. The molecule has 0 saturated heterocycles. The fourth-order valence-electron chi connectivity index (χ4n) is 2.10. The second kappa shape index (κ2) is 8.72. The summed E-state index contributed by atoms with van der Waals surface area (Å²) < 4.78 is 15.3. The van der Waals surface area contributed by atoms with Crippen molar-refractivity contribution in [3.05, 3.63) is 54.1 Å². The van der Waals surface area contributed by atoms with E-state index in [1.54, 1.807) is 19.1 Å². The molecule has 0 aliphatic heterocycles. The van der Waals surface area contributed by atoms with E-state index in [-0.39, 0.29) is 18.5 Å². The molecule has 0 N–H and O–H groups in total. The van der Waals surface area contributed by atoms with Gasteiger partial charge in [-0.1, -0.05) is 24.3 Å². The van der Waals surface area contributed by atoms with Crippen molar-refractivity contribution in [1.29, 1.82) is 0 Å². The molecule has 0 radical (unpaired) electrons. The van der Waals surface area contributed by atoms with Crippen LogP contribution >= 0.6 is 0 Å². The van der Waals surface area contributed by atoms with Crippen LogP contribution in [0, 0.1) is 0 Å². The highest BCUT2D eigenvalue weighted by Gasteiger charge is 2.06. The number of carbonyl (C=O) groups is 2. The van der Waals surface area contributed by atoms with Gasteiger partial charge in [0.05, 0.1) is 12.2 Å². The number of esters is 2. The van der Waals surface area contributed by atoms with Crippen LogP contribution in [0.1, 0.15) is 24.2 Å². The lowest BCUT2D eigenvalue weighted by atomic mass is 10.0. The van der Waals surface area contributed by atoms with Crippen LogP contribution in [0.25, 0.3) is 11.1 Å². The monoisotopic (exact) mass is 328 g/mol. The predicted molar refractivity (Wildman–Crippen MR) is 90.0 cm³/mol. The summed E-state index contributed by atoms with van der Waals surface area (Å²) in [6.45, 7) is 4.04. The summed E-state index contributed by atoms with van der Waals surface area (Å²) in [4.78, 5) is 22.3. The molecule has 2 aromatic carbocycles. The summed E-state index contributed by atoms with van der Waals surface area (Å²) in [5.74, 6) is 0.0647. The van der Waals surface area contributed by atoms with Crippen LogP contribution in [0.2, 0.25) is 0 Å². The molecule has 0 heterocycles. The van der Waals surface area contributed by atoms with Crippen LogP contribution < -0.4 is 4.74 Å². The third-order valence-corrected chi connectivity index (χ3v) is 3.24. The van der Waals surface area contributed by atoms with Gasteiger partial charge >= 0.3 is 11.9 Å². The molecule has 24 heavy (non-hydrogen) atoms. The maximum Gasteiger partial charge on any atom is 0.338 e. The molecule has 0 aliphatic carbocycles. The van der Waals surface area contributed by atoms with Gasteiger partial charge < -0.3 is 14.2 Å². The maximum atomic E-state index is 11.6. The Morgan fingerprint density at radius 2 is 1.42 bits per heavy atom. The third-order valence-electron chi connectivity index (χ3n) is 3.24. The van der Waals surface area contributed by atoms with Gasteiger partial charge in [-0.2, -0.15) is 0 Å². The number of benzene rings is 2. The molecule has 0 amide bonds. The molecular formula is C19H20O5. The molecule has 0 unspecified atom stereocenters. The summed E-state index contributed by atoms with van der Waals surface area (Å²) in [5.41, 5.74) is 2.54. The Hall–Kier alpha value is -2.82. The van der Waals surface area contributed by atoms with Gasteiger partial charge in [0, 0.05) is 6.92 Å². The highest BCUT2D eigenvalue weighted by Crippen LogP contribution is 2.23. The average molecular weight is 328 g/mol. The first-order valence-electron chi connectivity index (χ1n) is 7.74. The van der Waals surface area contributed by atoms with Crippen molar-refractivity contribution in [2.24, 2.45) is 0 Å². The quantitative estimate of drug-likeness (QED) is 0.575. The molecule has 0 aliphatic rings. The number of ether oxygens (including phenoxy) is 3. The topological polar surface area (TPSA) is 61.8 Å². The molecule has 2 rings (SSSR count). The zero-order valence-corrected chi connectivity index (χ0v) is 13.8. The second-order valence-corrected chi connectivity index (χ2v) is 5.01. The van der Waals surface area contributed by atoms with Gasteiger partial charge in [-0.25, -0.2) is 4.79 Å². The van der Waals surface area contributed by atoms with Gasteiger partial charge in [0.15, 0.2) is 0 Å². The van der Waals surface area contributed by atoms with E-state index in [0.29, 0.717) is 24.5 Å². The summed E-state index contributed by atoms with van der Waals surface area (Å²) in [7, 11) is 0.